The van der Waals surface area contributed by atoms with Gasteiger partial charge in [-0.05, 0) is 38.0 Å². The van der Waals surface area contributed by atoms with Crippen molar-refractivity contribution < 1.29 is 8.78 Å². The lowest BCUT2D eigenvalue weighted by atomic mass is 10.1. The van der Waals surface area contributed by atoms with E-state index in [1.807, 2.05) is 6.92 Å². The van der Waals surface area contributed by atoms with E-state index in [0.29, 0.717) is 11.4 Å². The second-order valence-electron chi connectivity index (χ2n) is 4.33. The van der Waals surface area contributed by atoms with Crippen LogP contribution < -0.4 is 11.1 Å². The van der Waals surface area contributed by atoms with Crippen LogP contribution in [0.1, 0.15) is 31.8 Å². The second-order valence-corrected chi connectivity index (χ2v) is 4.33. The maximum atomic E-state index is 12.7. The molecule has 0 spiro atoms. The third kappa shape index (κ3) is 2.19. The van der Waals surface area contributed by atoms with Crippen molar-refractivity contribution >= 4 is 11.4 Å². The summed E-state index contributed by atoms with van der Waals surface area (Å²) in [6.07, 6.45) is -0.432. The summed E-state index contributed by atoms with van der Waals surface area (Å²) in [4.78, 5) is 0. The highest BCUT2D eigenvalue weighted by atomic mass is 19.3. The molecule has 0 heterocycles. The maximum absolute atomic E-state index is 12.7. The van der Waals surface area contributed by atoms with Gasteiger partial charge in [0.2, 0.25) is 0 Å². The molecule has 1 aromatic carbocycles. The van der Waals surface area contributed by atoms with Crippen LogP contribution in [-0.4, -0.2) is 5.54 Å². The first-order valence-corrected chi connectivity index (χ1v) is 4.96. The summed E-state index contributed by atoms with van der Waals surface area (Å²) in [5.41, 5.74) is 6.34. The zero-order valence-corrected chi connectivity index (χ0v) is 8.56. The van der Waals surface area contributed by atoms with Crippen LogP contribution in [-0.2, 0) is 0 Å². The third-order valence-electron chi connectivity index (χ3n) is 2.75. The van der Waals surface area contributed by atoms with Crippen molar-refractivity contribution in [1.82, 2.24) is 0 Å². The van der Waals surface area contributed by atoms with E-state index in [0.717, 1.165) is 12.8 Å². The molecule has 0 aromatic heterocycles. The van der Waals surface area contributed by atoms with Gasteiger partial charge in [-0.25, -0.2) is 8.78 Å². The number of benzene rings is 1. The first kappa shape index (κ1) is 10.2. The fourth-order valence-electron chi connectivity index (χ4n) is 1.51. The molecular weight excluding hydrogens is 198 g/mol. The zero-order valence-electron chi connectivity index (χ0n) is 8.56. The van der Waals surface area contributed by atoms with Crippen LogP contribution in [0.25, 0.3) is 0 Å². The van der Waals surface area contributed by atoms with Gasteiger partial charge in [-0.2, -0.15) is 0 Å². The number of rotatable bonds is 3. The summed E-state index contributed by atoms with van der Waals surface area (Å²) in [5, 5.41) is 3.13. The molecule has 1 aromatic rings. The number of nitrogen functional groups attached to an aromatic ring is 1. The zero-order chi connectivity index (χ0) is 11.1. The van der Waals surface area contributed by atoms with E-state index >= 15 is 0 Å². The molecule has 0 bridgehead atoms. The third-order valence-corrected chi connectivity index (χ3v) is 2.75. The first-order valence-electron chi connectivity index (χ1n) is 4.96. The summed E-state index contributed by atoms with van der Waals surface area (Å²) in [6.45, 7) is 2.03. The van der Waals surface area contributed by atoms with Crippen molar-refractivity contribution in [3.8, 4) is 0 Å². The van der Waals surface area contributed by atoms with Gasteiger partial charge in [0.25, 0.3) is 6.43 Å². The predicted molar refractivity (Wildman–Crippen MR) is 57.1 cm³/mol. The lowest BCUT2D eigenvalue weighted by molar-refractivity contribution is 0.152. The van der Waals surface area contributed by atoms with Crippen LogP contribution >= 0.6 is 0 Å². The minimum atomic E-state index is -2.49. The molecule has 15 heavy (non-hydrogen) atoms. The Labute approximate surface area is 87.5 Å². The molecule has 3 N–H and O–H groups in total. The van der Waals surface area contributed by atoms with E-state index in [-0.39, 0.29) is 11.1 Å². The molecule has 1 saturated carbocycles. The summed E-state index contributed by atoms with van der Waals surface area (Å²) in [6, 6.07) is 4.60. The largest absolute Gasteiger partial charge is 0.399 e. The second kappa shape index (κ2) is 3.36. The highest BCUT2D eigenvalue weighted by Crippen LogP contribution is 2.40. The number of hydrogen-bond acceptors (Lipinski definition) is 2. The van der Waals surface area contributed by atoms with E-state index in [1.165, 1.54) is 6.07 Å². The number of anilines is 2. The molecule has 1 aliphatic rings. The molecule has 4 heteroatoms. The average Bonchev–Trinajstić information content (AvgIpc) is 2.87. The summed E-state index contributed by atoms with van der Waals surface area (Å²) in [7, 11) is 0. The molecule has 0 atom stereocenters. The molecule has 1 aliphatic carbocycles. The first-order chi connectivity index (χ1) is 7.00. The number of nitrogens with one attached hydrogen (secondary N) is 1. The smallest absolute Gasteiger partial charge is 0.265 e. The molecular formula is C11H14F2N2. The Balaban J connectivity index is 2.28. The highest BCUT2D eigenvalue weighted by molar-refractivity contribution is 5.60. The Bertz CT molecular complexity index is 373. The topological polar surface area (TPSA) is 38.0 Å². The Morgan fingerprint density at radius 2 is 2.07 bits per heavy atom. The van der Waals surface area contributed by atoms with Gasteiger partial charge in [-0.3, -0.25) is 0 Å². The van der Waals surface area contributed by atoms with Gasteiger partial charge in [0.05, 0.1) is 0 Å². The van der Waals surface area contributed by atoms with Gasteiger partial charge in [-0.1, -0.05) is 0 Å². The standard InChI is InChI=1S/C11H14F2N2/c1-11(4-5-11)15-9-3-2-7(14)6-8(9)10(12)13/h2-3,6,10,15H,4-5,14H2,1H3. The number of alkyl halides is 2. The molecule has 0 amide bonds. The van der Waals surface area contributed by atoms with Crippen molar-refractivity contribution in [3.63, 3.8) is 0 Å². The van der Waals surface area contributed by atoms with Crippen molar-refractivity contribution in [2.45, 2.75) is 31.7 Å². The lowest BCUT2D eigenvalue weighted by Gasteiger charge is -2.17. The van der Waals surface area contributed by atoms with Gasteiger partial charge in [0.1, 0.15) is 0 Å². The minimum Gasteiger partial charge on any atom is -0.399 e. The van der Waals surface area contributed by atoms with Gasteiger partial charge in [-0.15, -0.1) is 0 Å². The lowest BCUT2D eigenvalue weighted by Crippen LogP contribution is -2.17. The van der Waals surface area contributed by atoms with Gasteiger partial charge >= 0.3 is 0 Å². The normalized spacial score (nSPS) is 17.9. The molecule has 82 valence electrons. The van der Waals surface area contributed by atoms with E-state index in [4.69, 9.17) is 5.73 Å². The van der Waals surface area contributed by atoms with Crippen LogP contribution in [0.3, 0.4) is 0 Å². The van der Waals surface area contributed by atoms with Crippen LogP contribution in [0.15, 0.2) is 18.2 Å². The summed E-state index contributed by atoms with van der Waals surface area (Å²) >= 11 is 0. The summed E-state index contributed by atoms with van der Waals surface area (Å²) in [5.74, 6) is 0. The Kier molecular flexibility index (Phi) is 2.29. The van der Waals surface area contributed by atoms with Gasteiger partial charge in [0, 0.05) is 22.5 Å². The van der Waals surface area contributed by atoms with Crippen LogP contribution in [0.2, 0.25) is 0 Å². The van der Waals surface area contributed by atoms with Gasteiger partial charge in [0.15, 0.2) is 0 Å². The van der Waals surface area contributed by atoms with Gasteiger partial charge < -0.3 is 11.1 Å². The number of nitrogens with two attached hydrogens (primary N) is 1. The molecule has 2 nitrogen and oxygen atoms in total. The highest BCUT2D eigenvalue weighted by Gasteiger charge is 2.37. The van der Waals surface area contributed by atoms with Crippen molar-refractivity contribution in [3.05, 3.63) is 23.8 Å². The fraction of sp³-hybridized carbons (Fsp3) is 0.455. The quantitative estimate of drug-likeness (QED) is 0.755. The van der Waals surface area contributed by atoms with Crippen molar-refractivity contribution in [1.29, 1.82) is 0 Å². The average molecular weight is 212 g/mol. The SMILES string of the molecule is CC1(Nc2ccc(N)cc2C(F)F)CC1. The Morgan fingerprint density at radius 1 is 1.40 bits per heavy atom. The Morgan fingerprint density at radius 3 is 2.60 bits per heavy atom. The molecule has 2 rings (SSSR count). The molecule has 0 unspecified atom stereocenters. The van der Waals surface area contributed by atoms with Crippen molar-refractivity contribution in [2.75, 3.05) is 11.1 Å². The van der Waals surface area contributed by atoms with Crippen molar-refractivity contribution in [2.24, 2.45) is 0 Å². The predicted octanol–water partition coefficient (Wildman–Crippen LogP) is 3.17. The monoisotopic (exact) mass is 212 g/mol. The van der Waals surface area contributed by atoms with E-state index in [2.05, 4.69) is 5.32 Å². The fourth-order valence-corrected chi connectivity index (χ4v) is 1.51. The minimum absolute atomic E-state index is 0.000243. The molecule has 0 saturated heterocycles. The molecule has 0 radical (unpaired) electrons. The van der Waals surface area contributed by atoms with E-state index in [1.54, 1.807) is 12.1 Å². The Hall–Kier alpha value is -1.32. The number of hydrogen-bond donors (Lipinski definition) is 2. The molecule has 1 fully saturated rings. The van der Waals surface area contributed by atoms with E-state index < -0.39 is 6.43 Å². The van der Waals surface area contributed by atoms with Crippen LogP contribution in [0.4, 0.5) is 20.2 Å². The number of halogens is 2. The maximum Gasteiger partial charge on any atom is 0.265 e. The van der Waals surface area contributed by atoms with Crippen LogP contribution in [0.5, 0.6) is 0 Å². The van der Waals surface area contributed by atoms with E-state index in [9.17, 15) is 8.78 Å². The molecule has 0 aliphatic heterocycles. The van der Waals surface area contributed by atoms with Crippen LogP contribution in [0, 0.1) is 0 Å². The summed E-state index contributed by atoms with van der Waals surface area (Å²) < 4.78 is 25.4.